The van der Waals surface area contributed by atoms with Gasteiger partial charge in [0.25, 0.3) is 0 Å². The Bertz CT molecular complexity index is 451. The normalized spacial score (nSPS) is 22.9. The van der Waals surface area contributed by atoms with Gasteiger partial charge in [-0.1, -0.05) is 12.1 Å². The van der Waals surface area contributed by atoms with Crippen LogP contribution in [0.15, 0.2) is 23.1 Å². The number of aryl methyl sites for hydroxylation is 1. The van der Waals surface area contributed by atoms with Crippen molar-refractivity contribution in [2.75, 3.05) is 38.2 Å². The Kier molecular flexibility index (Phi) is 4.37. The predicted molar refractivity (Wildman–Crippen MR) is 74.1 cm³/mol. The summed E-state index contributed by atoms with van der Waals surface area (Å²) in [5.41, 5.74) is 7.59. The maximum Gasteiger partial charge on any atom is 0.0821 e. The molecule has 0 bridgehead atoms. The summed E-state index contributed by atoms with van der Waals surface area (Å²) in [6.45, 7) is 4.41. The maximum atomic E-state index is 12.3. The van der Waals surface area contributed by atoms with Gasteiger partial charge in [-0.3, -0.25) is 4.21 Å². The van der Waals surface area contributed by atoms with Gasteiger partial charge in [-0.15, -0.1) is 0 Å². The summed E-state index contributed by atoms with van der Waals surface area (Å²) < 4.78 is 18.0. The first kappa shape index (κ1) is 13.5. The molecule has 1 aliphatic heterocycles. The number of morpholine rings is 1. The van der Waals surface area contributed by atoms with E-state index < -0.39 is 10.8 Å². The van der Waals surface area contributed by atoms with Gasteiger partial charge in [-0.2, -0.15) is 0 Å². The van der Waals surface area contributed by atoms with Gasteiger partial charge in [-0.25, -0.2) is 0 Å². The molecule has 0 amide bonds. The molecule has 0 radical (unpaired) electrons. The summed E-state index contributed by atoms with van der Waals surface area (Å²) in [4.78, 5) is 2.93. The zero-order chi connectivity index (χ0) is 13.1. The summed E-state index contributed by atoms with van der Waals surface area (Å²) in [6.07, 6.45) is 0.0319. The van der Waals surface area contributed by atoms with Crippen molar-refractivity contribution in [2.45, 2.75) is 17.9 Å². The van der Waals surface area contributed by atoms with Crippen LogP contribution in [0.2, 0.25) is 0 Å². The minimum Gasteiger partial charge on any atom is -0.398 e. The van der Waals surface area contributed by atoms with Crippen molar-refractivity contribution in [3.05, 3.63) is 23.8 Å². The standard InChI is InChI=1S/C13H20N2O2S/c1-10-4-3-5-12(13(10)14)18(16)9-11-8-15(2)6-7-17-11/h3-5,11H,6-9,14H2,1-2H3. The fourth-order valence-corrected chi connectivity index (χ4v) is 3.43. The molecule has 18 heavy (non-hydrogen) atoms. The largest absolute Gasteiger partial charge is 0.398 e. The molecule has 1 aliphatic rings. The Hall–Kier alpha value is -0.910. The topological polar surface area (TPSA) is 55.6 Å². The molecule has 1 heterocycles. The minimum atomic E-state index is -1.09. The Morgan fingerprint density at radius 1 is 1.56 bits per heavy atom. The molecule has 1 aromatic carbocycles. The number of nitrogens with zero attached hydrogens (tertiary/aromatic N) is 1. The molecule has 2 rings (SSSR count). The van der Waals surface area contributed by atoms with Crippen molar-refractivity contribution < 1.29 is 8.95 Å². The van der Waals surface area contributed by atoms with Gasteiger partial charge in [0.1, 0.15) is 0 Å². The number of benzene rings is 1. The van der Waals surface area contributed by atoms with Gasteiger partial charge in [0.05, 0.1) is 39.8 Å². The fourth-order valence-electron chi connectivity index (χ4n) is 2.08. The lowest BCUT2D eigenvalue weighted by molar-refractivity contribution is -0.00640. The summed E-state index contributed by atoms with van der Waals surface area (Å²) in [7, 11) is 0.961. The number of hydrogen-bond donors (Lipinski definition) is 1. The van der Waals surface area contributed by atoms with Crippen LogP contribution in [0.5, 0.6) is 0 Å². The Morgan fingerprint density at radius 2 is 2.33 bits per heavy atom. The number of likely N-dealkylation sites (N-methyl/N-ethyl adjacent to an activating group) is 1. The van der Waals surface area contributed by atoms with Gasteiger partial charge >= 0.3 is 0 Å². The molecule has 2 unspecified atom stereocenters. The lowest BCUT2D eigenvalue weighted by atomic mass is 10.2. The number of ether oxygens (including phenoxy) is 1. The third kappa shape index (κ3) is 3.10. The molecular formula is C13H20N2O2S. The van der Waals surface area contributed by atoms with Crippen LogP contribution >= 0.6 is 0 Å². The predicted octanol–water partition coefficient (Wildman–Crippen LogP) is 1.02. The Balaban J connectivity index is 2.05. The molecule has 2 N–H and O–H groups in total. The van der Waals surface area contributed by atoms with Crippen LogP contribution in [0.1, 0.15) is 5.56 Å². The van der Waals surface area contributed by atoms with Gasteiger partial charge < -0.3 is 15.4 Å². The molecule has 2 atom stereocenters. The van der Waals surface area contributed by atoms with Crippen LogP contribution in [-0.2, 0) is 15.5 Å². The highest BCUT2D eigenvalue weighted by Gasteiger charge is 2.21. The van der Waals surface area contributed by atoms with Crippen LogP contribution in [0, 0.1) is 6.92 Å². The summed E-state index contributed by atoms with van der Waals surface area (Å²) >= 11 is 0. The van der Waals surface area contributed by atoms with E-state index in [1.54, 1.807) is 0 Å². The molecular weight excluding hydrogens is 248 g/mol. The first-order chi connectivity index (χ1) is 8.58. The second kappa shape index (κ2) is 5.82. The zero-order valence-corrected chi connectivity index (χ0v) is 11.7. The molecule has 1 aromatic rings. The van der Waals surface area contributed by atoms with Gasteiger partial charge in [-0.05, 0) is 25.6 Å². The van der Waals surface area contributed by atoms with E-state index in [1.807, 2.05) is 25.1 Å². The van der Waals surface area contributed by atoms with E-state index in [2.05, 4.69) is 11.9 Å². The lowest BCUT2D eigenvalue weighted by Gasteiger charge is -2.29. The fraction of sp³-hybridized carbons (Fsp3) is 0.538. The number of nitrogen functional groups attached to an aromatic ring is 1. The highest BCUT2D eigenvalue weighted by atomic mass is 32.2. The average Bonchev–Trinajstić information content (AvgIpc) is 2.32. The van der Waals surface area contributed by atoms with E-state index in [9.17, 15) is 4.21 Å². The molecule has 0 saturated carbocycles. The molecule has 1 fully saturated rings. The lowest BCUT2D eigenvalue weighted by Crippen LogP contribution is -2.42. The van der Waals surface area contributed by atoms with Crippen molar-refractivity contribution in [2.24, 2.45) is 0 Å². The van der Waals surface area contributed by atoms with E-state index >= 15 is 0 Å². The van der Waals surface area contributed by atoms with Crippen LogP contribution < -0.4 is 5.73 Å². The first-order valence-electron chi connectivity index (χ1n) is 6.11. The monoisotopic (exact) mass is 268 g/mol. The van der Waals surface area contributed by atoms with Gasteiger partial charge in [0.2, 0.25) is 0 Å². The van der Waals surface area contributed by atoms with Crippen molar-refractivity contribution >= 4 is 16.5 Å². The molecule has 4 nitrogen and oxygen atoms in total. The second-order valence-corrected chi connectivity index (χ2v) is 6.22. The molecule has 1 saturated heterocycles. The molecule has 5 heteroatoms. The Labute approximate surface area is 111 Å². The van der Waals surface area contributed by atoms with Crippen molar-refractivity contribution in [3.8, 4) is 0 Å². The second-order valence-electron chi connectivity index (χ2n) is 4.75. The van der Waals surface area contributed by atoms with E-state index in [0.29, 0.717) is 18.0 Å². The van der Waals surface area contributed by atoms with Gasteiger partial charge in [0.15, 0.2) is 0 Å². The van der Waals surface area contributed by atoms with Crippen LogP contribution in [0.3, 0.4) is 0 Å². The number of nitrogens with two attached hydrogens (primary N) is 1. The van der Waals surface area contributed by atoms with Crippen LogP contribution in [-0.4, -0.2) is 47.7 Å². The summed E-state index contributed by atoms with van der Waals surface area (Å²) in [6, 6.07) is 5.67. The number of hydrogen-bond acceptors (Lipinski definition) is 4. The van der Waals surface area contributed by atoms with E-state index in [-0.39, 0.29) is 6.10 Å². The zero-order valence-electron chi connectivity index (χ0n) is 10.9. The van der Waals surface area contributed by atoms with Gasteiger partial charge in [0, 0.05) is 13.1 Å². The summed E-state index contributed by atoms with van der Waals surface area (Å²) in [5, 5.41) is 0. The maximum absolute atomic E-state index is 12.3. The first-order valence-corrected chi connectivity index (χ1v) is 7.43. The minimum absolute atomic E-state index is 0.0319. The third-order valence-corrected chi connectivity index (χ3v) is 4.73. The van der Waals surface area contributed by atoms with Crippen molar-refractivity contribution in [1.29, 1.82) is 0 Å². The number of anilines is 1. The van der Waals surface area contributed by atoms with E-state index in [0.717, 1.165) is 23.5 Å². The molecule has 100 valence electrons. The smallest absolute Gasteiger partial charge is 0.0821 e. The average molecular weight is 268 g/mol. The molecule has 0 spiro atoms. The molecule has 0 aromatic heterocycles. The van der Waals surface area contributed by atoms with Crippen LogP contribution in [0.25, 0.3) is 0 Å². The number of para-hydroxylation sites is 1. The van der Waals surface area contributed by atoms with Crippen LogP contribution in [0.4, 0.5) is 5.69 Å². The van der Waals surface area contributed by atoms with E-state index in [4.69, 9.17) is 10.5 Å². The molecule has 0 aliphatic carbocycles. The van der Waals surface area contributed by atoms with E-state index in [1.165, 1.54) is 0 Å². The summed E-state index contributed by atoms with van der Waals surface area (Å²) in [5.74, 6) is 0.512. The SMILES string of the molecule is Cc1cccc(S(=O)CC2CN(C)CCO2)c1N. The number of rotatable bonds is 3. The quantitative estimate of drug-likeness (QED) is 0.832. The highest BCUT2D eigenvalue weighted by Crippen LogP contribution is 2.21. The highest BCUT2D eigenvalue weighted by molar-refractivity contribution is 7.85. The third-order valence-electron chi connectivity index (χ3n) is 3.21. The Morgan fingerprint density at radius 3 is 3.06 bits per heavy atom. The van der Waals surface area contributed by atoms with Crippen molar-refractivity contribution in [3.63, 3.8) is 0 Å². The van der Waals surface area contributed by atoms with Crippen molar-refractivity contribution in [1.82, 2.24) is 4.90 Å².